The number of nitro groups is 1. The second kappa shape index (κ2) is 5.83. The molecule has 0 aliphatic carbocycles. The summed E-state index contributed by atoms with van der Waals surface area (Å²) < 4.78 is 0. The van der Waals surface area contributed by atoms with Gasteiger partial charge in [0.05, 0.1) is 4.92 Å². The van der Waals surface area contributed by atoms with Crippen molar-refractivity contribution in [2.45, 2.75) is 6.54 Å². The Morgan fingerprint density at radius 1 is 1.20 bits per heavy atom. The Kier molecular flexibility index (Phi) is 3.95. The number of hydrogen-bond donors (Lipinski definition) is 2. The number of amides is 1. The van der Waals surface area contributed by atoms with E-state index in [2.05, 4.69) is 5.32 Å². The van der Waals surface area contributed by atoms with E-state index < -0.39 is 4.92 Å². The summed E-state index contributed by atoms with van der Waals surface area (Å²) in [5, 5.41) is 13.3. The van der Waals surface area contributed by atoms with Gasteiger partial charge in [-0.2, -0.15) is 0 Å². The van der Waals surface area contributed by atoms with Crippen molar-refractivity contribution in [3.8, 4) is 0 Å². The third kappa shape index (κ3) is 3.32. The van der Waals surface area contributed by atoms with E-state index in [0.717, 1.165) is 0 Å². The van der Waals surface area contributed by atoms with E-state index in [9.17, 15) is 14.9 Å². The monoisotopic (exact) mass is 271 g/mol. The SMILES string of the molecule is Nc1cccc(C(=O)NCc2cccc([N+](=O)[O-])c2)c1. The number of carbonyl (C=O) groups is 1. The molecular formula is C14H13N3O3. The molecule has 0 unspecified atom stereocenters. The summed E-state index contributed by atoms with van der Waals surface area (Å²) in [5.41, 5.74) is 7.23. The minimum absolute atomic E-state index is 0.000652. The number of nitrogens with one attached hydrogen (secondary N) is 1. The van der Waals surface area contributed by atoms with Crippen molar-refractivity contribution < 1.29 is 9.72 Å². The molecule has 0 atom stereocenters. The van der Waals surface area contributed by atoms with Crippen LogP contribution in [0.1, 0.15) is 15.9 Å². The number of nitro benzene ring substituents is 1. The van der Waals surface area contributed by atoms with Gasteiger partial charge in [0.1, 0.15) is 0 Å². The van der Waals surface area contributed by atoms with E-state index in [1.165, 1.54) is 12.1 Å². The number of rotatable bonds is 4. The topological polar surface area (TPSA) is 98.3 Å². The number of hydrogen-bond acceptors (Lipinski definition) is 4. The van der Waals surface area contributed by atoms with Crippen LogP contribution in [-0.2, 0) is 6.54 Å². The third-order valence-corrected chi connectivity index (χ3v) is 2.72. The van der Waals surface area contributed by atoms with Gasteiger partial charge in [0.25, 0.3) is 11.6 Å². The minimum Gasteiger partial charge on any atom is -0.399 e. The molecule has 0 saturated heterocycles. The molecule has 0 saturated carbocycles. The third-order valence-electron chi connectivity index (χ3n) is 2.72. The molecule has 6 nitrogen and oxygen atoms in total. The molecule has 102 valence electrons. The molecule has 0 spiro atoms. The molecular weight excluding hydrogens is 258 g/mol. The van der Waals surface area contributed by atoms with Gasteiger partial charge in [-0.05, 0) is 23.8 Å². The zero-order valence-corrected chi connectivity index (χ0v) is 10.6. The Balaban J connectivity index is 2.03. The number of anilines is 1. The predicted octanol–water partition coefficient (Wildman–Crippen LogP) is 2.11. The summed E-state index contributed by atoms with van der Waals surface area (Å²) in [6.07, 6.45) is 0. The highest BCUT2D eigenvalue weighted by molar-refractivity contribution is 5.94. The molecule has 0 aromatic heterocycles. The van der Waals surface area contributed by atoms with Crippen LogP contribution >= 0.6 is 0 Å². The van der Waals surface area contributed by atoms with E-state index in [4.69, 9.17) is 5.73 Å². The van der Waals surface area contributed by atoms with Crippen LogP contribution in [0.3, 0.4) is 0 Å². The summed E-state index contributed by atoms with van der Waals surface area (Å²) in [5.74, 6) is -0.274. The number of benzene rings is 2. The van der Waals surface area contributed by atoms with Gasteiger partial charge in [0.2, 0.25) is 0 Å². The Hall–Kier alpha value is -2.89. The quantitative estimate of drug-likeness (QED) is 0.505. The van der Waals surface area contributed by atoms with E-state index in [-0.39, 0.29) is 18.1 Å². The highest BCUT2D eigenvalue weighted by Crippen LogP contribution is 2.13. The Morgan fingerprint density at radius 3 is 2.65 bits per heavy atom. The smallest absolute Gasteiger partial charge is 0.269 e. The lowest BCUT2D eigenvalue weighted by Gasteiger charge is -2.06. The summed E-state index contributed by atoms with van der Waals surface area (Å²) >= 11 is 0. The molecule has 2 aromatic rings. The molecule has 3 N–H and O–H groups in total. The predicted molar refractivity (Wildman–Crippen MR) is 75.1 cm³/mol. The van der Waals surface area contributed by atoms with Gasteiger partial charge in [0.15, 0.2) is 0 Å². The number of nitrogens with zero attached hydrogens (tertiary/aromatic N) is 1. The summed E-state index contributed by atoms with van der Waals surface area (Å²) in [6, 6.07) is 12.7. The van der Waals surface area contributed by atoms with Crippen LogP contribution in [0.15, 0.2) is 48.5 Å². The van der Waals surface area contributed by atoms with E-state index in [0.29, 0.717) is 16.8 Å². The maximum Gasteiger partial charge on any atom is 0.269 e. The van der Waals surface area contributed by atoms with Crippen molar-refractivity contribution >= 4 is 17.3 Å². The Labute approximate surface area is 115 Å². The summed E-state index contributed by atoms with van der Waals surface area (Å²) in [4.78, 5) is 22.1. The first-order valence-electron chi connectivity index (χ1n) is 5.93. The lowest BCUT2D eigenvalue weighted by molar-refractivity contribution is -0.384. The molecule has 0 bridgehead atoms. The number of carbonyl (C=O) groups excluding carboxylic acids is 1. The fourth-order valence-electron chi connectivity index (χ4n) is 1.74. The Morgan fingerprint density at radius 2 is 1.95 bits per heavy atom. The van der Waals surface area contributed by atoms with Crippen molar-refractivity contribution in [1.29, 1.82) is 0 Å². The van der Waals surface area contributed by atoms with Gasteiger partial charge in [-0.25, -0.2) is 0 Å². The lowest BCUT2D eigenvalue weighted by Crippen LogP contribution is -2.22. The molecule has 20 heavy (non-hydrogen) atoms. The van der Waals surface area contributed by atoms with Crippen molar-refractivity contribution in [2.24, 2.45) is 0 Å². The van der Waals surface area contributed by atoms with Crippen LogP contribution in [0.4, 0.5) is 11.4 Å². The van der Waals surface area contributed by atoms with Crippen molar-refractivity contribution in [3.05, 3.63) is 69.8 Å². The molecule has 2 rings (SSSR count). The number of non-ortho nitro benzene ring substituents is 1. The van der Waals surface area contributed by atoms with Gasteiger partial charge in [-0.1, -0.05) is 18.2 Å². The largest absolute Gasteiger partial charge is 0.399 e. The average Bonchev–Trinajstić information content (AvgIpc) is 2.45. The molecule has 0 fully saturated rings. The first-order chi connectivity index (χ1) is 9.56. The summed E-state index contributed by atoms with van der Waals surface area (Å²) in [6.45, 7) is 0.218. The van der Waals surface area contributed by atoms with Crippen molar-refractivity contribution in [1.82, 2.24) is 5.32 Å². The van der Waals surface area contributed by atoms with Crippen LogP contribution in [0.2, 0.25) is 0 Å². The second-order valence-corrected chi connectivity index (χ2v) is 4.24. The maximum atomic E-state index is 11.9. The minimum atomic E-state index is -0.469. The zero-order chi connectivity index (χ0) is 14.5. The van der Waals surface area contributed by atoms with Gasteiger partial charge in [-0.15, -0.1) is 0 Å². The normalized spacial score (nSPS) is 10.0. The maximum absolute atomic E-state index is 11.9. The number of nitrogens with two attached hydrogens (primary N) is 1. The number of nitrogen functional groups attached to an aromatic ring is 1. The van der Waals surface area contributed by atoms with Crippen LogP contribution in [0.25, 0.3) is 0 Å². The van der Waals surface area contributed by atoms with E-state index in [1.54, 1.807) is 36.4 Å². The molecule has 0 aliphatic heterocycles. The van der Waals surface area contributed by atoms with Crippen LogP contribution < -0.4 is 11.1 Å². The molecule has 0 aliphatic rings. The molecule has 0 radical (unpaired) electrons. The molecule has 0 heterocycles. The fraction of sp³-hybridized carbons (Fsp3) is 0.0714. The fourth-order valence-corrected chi connectivity index (χ4v) is 1.74. The molecule has 2 aromatic carbocycles. The van der Waals surface area contributed by atoms with E-state index in [1.807, 2.05) is 0 Å². The van der Waals surface area contributed by atoms with Gasteiger partial charge < -0.3 is 11.1 Å². The van der Waals surface area contributed by atoms with Gasteiger partial charge >= 0.3 is 0 Å². The first kappa shape index (κ1) is 13.5. The average molecular weight is 271 g/mol. The zero-order valence-electron chi connectivity index (χ0n) is 10.6. The lowest BCUT2D eigenvalue weighted by atomic mass is 10.1. The molecule has 1 amide bonds. The highest BCUT2D eigenvalue weighted by Gasteiger charge is 2.08. The summed E-state index contributed by atoms with van der Waals surface area (Å²) in [7, 11) is 0. The van der Waals surface area contributed by atoms with Crippen molar-refractivity contribution in [3.63, 3.8) is 0 Å². The first-order valence-corrected chi connectivity index (χ1v) is 5.93. The van der Waals surface area contributed by atoms with Crippen LogP contribution in [0.5, 0.6) is 0 Å². The van der Waals surface area contributed by atoms with Crippen LogP contribution in [0, 0.1) is 10.1 Å². The standard InChI is InChI=1S/C14H13N3O3/c15-12-5-2-4-11(8-12)14(18)16-9-10-3-1-6-13(7-10)17(19)20/h1-8H,9,15H2,(H,16,18). The Bertz CT molecular complexity index is 656. The van der Waals surface area contributed by atoms with Crippen molar-refractivity contribution in [2.75, 3.05) is 5.73 Å². The van der Waals surface area contributed by atoms with Crippen LogP contribution in [-0.4, -0.2) is 10.8 Å². The molecule has 6 heteroatoms. The van der Waals surface area contributed by atoms with E-state index >= 15 is 0 Å². The second-order valence-electron chi connectivity index (χ2n) is 4.24. The van der Waals surface area contributed by atoms with Gasteiger partial charge in [0, 0.05) is 29.9 Å². The van der Waals surface area contributed by atoms with Gasteiger partial charge in [-0.3, -0.25) is 14.9 Å². The highest BCUT2D eigenvalue weighted by atomic mass is 16.6.